The molecule has 1 aliphatic heterocycles. The van der Waals surface area contributed by atoms with Gasteiger partial charge in [0, 0.05) is 19.5 Å². The predicted molar refractivity (Wildman–Crippen MR) is 77.4 cm³/mol. The average Bonchev–Trinajstić information content (AvgIpc) is 2.38. The van der Waals surface area contributed by atoms with Crippen LogP contribution in [-0.2, 0) is 9.53 Å². The van der Waals surface area contributed by atoms with E-state index >= 15 is 0 Å². The second-order valence-electron chi connectivity index (χ2n) is 6.64. The van der Waals surface area contributed by atoms with Gasteiger partial charge in [-0.1, -0.05) is 19.3 Å². The number of nitrogens with zero attached hydrogens (tertiary/aromatic N) is 1. The summed E-state index contributed by atoms with van der Waals surface area (Å²) < 4.78 is 5.87. The maximum atomic E-state index is 12.4. The van der Waals surface area contributed by atoms with Gasteiger partial charge in [-0.2, -0.15) is 0 Å². The van der Waals surface area contributed by atoms with E-state index in [1.165, 1.54) is 32.1 Å². The molecular formula is C15H26ClNO2. The highest BCUT2D eigenvalue weighted by atomic mass is 35.5. The highest BCUT2D eigenvalue weighted by Gasteiger charge is 2.35. The van der Waals surface area contributed by atoms with Gasteiger partial charge in [-0.25, -0.2) is 0 Å². The number of carbonyl (C=O) groups excluding carboxylic acids is 1. The number of ether oxygens (including phenoxy) is 1. The third kappa shape index (κ3) is 4.35. The van der Waals surface area contributed by atoms with Crippen molar-refractivity contribution in [2.24, 2.45) is 5.92 Å². The fourth-order valence-electron chi connectivity index (χ4n) is 3.33. The van der Waals surface area contributed by atoms with Gasteiger partial charge in [0.1, 0.15) is 0 Å². The summed E-state index contributed by atoms with van der Waals surface area (Å²) in [4.78, 5) is 14.4. The first-order valence-electron chi connectivity index (χ1n) is 7.52. The van der Waals surface area contributed by atoms with Crippen molar-refractivity contribution in [3.05, 3.63) is 0 Å². The quantitative estimate of drug-likeness (QED) is 0.746. The molecule has 4 heteroatoms. The molecule has 110 valence electrons. The molecular weight excluding hydrogens is 262 g/mol. The second kappa shape index (κ2) is 6.45. The molecule has 1 saturated heterocycles. The third-order valence-corrected chi connectivity index (χ3v) is 4.54. The number of amides is 1. The lowest BCUT2D eigenvalue weighted by Crippen LogP contribution is -2.55. The number of rotatable bonds is 3. The summed E-state index contributed by atoms with van der Waals surface area (Å²) in [6.45, 7) is 5.41. The molecule has 2 rings (SSSR count). The van der Waals surface area contributed by atoms with Crippen LogP contribution in [0.5, 0.6) is 0 Å². The monoisotopic (exact) mass is 287 g/mol. The molecule has 0 bridgehead atoms. The zero-order valence-corrected chi connectivity index (χ0v) is 12.9. The molecule has 1 heterocycles. The molecule has 3 nitrogen and oxygen atoms in total. The summed E-state index contributed by atoms with van der Waals surface area (Å²) >= 11 is 5.91. The van der Waals surface area contributed by atoms with Crippen molar-refractivity contribution in [1.29, 1.82) is 0 Å². The fourth-order valence-corrected chi connectivity index (χ4v) is 3.49. The van der Waals surface area contributed by atoms with Crippen molar-refractivity contribution in [2.75, 3.05) is 19.0 Å². The van der Waals surface area contributed by atoms with E-state index in [0.717, 1.165) is 0 Å². The molecule has 1 unspecified atom stereocenters. The van der Waals surface area contributed by atoms with Crippen LogP contribution in [0.1, 0.15) is 52.4 Å². The Hall–Kier alpha value is -0.280. The molecule has 0 aromatic carbocycles. The minimum atomic E-state index is -0.278. The van der Waals surface area contributed by atoms with Crippen LogP contribution in [0.4, 0.5) is 0 Å². The standard InChI is InChI=1S/C15H26ClNO2/c1-15(2)11-17(10-13(9-16)19-15)14(18)8-12-6-4-3-5-7-12/h12-13H,3-11H2,1-2H3. The van der Waals surface area contributed by atoms with Crippen LogP contribution in [0, 0.1) is 5.92 Å². The number of alkyl halides is 1. The van der Waals surface area contributed by atoms with Crippen LogP contribution >= 0.6 is 11.6 Å². The van der Waals surface area contributed by atoms with E-state index in [1.807, 2.05) is 18.7 Å². The lowest BCUT2D eigenvalue weighted by atomic mass is 9.86. The van der Waals surface area contributed by atoms with Crippen LogP contribution in [0.3, 0.4) is 0 Å². The van der Waals surface area contributed by atoms with Gasteiger partial charge in [0.05, 0.1) is 17.6 Å². The number of hydrogen-bond donors (Lipinski definition) is 0. The smallest absolute Gasteiger partial charge is 0.223 e. The van der Waals surface area contributed by atoms with Crippen LogP contribution in [0.2, 0.25) is 0 Å². The van der Waals surface area contributed by atoms with Crippen molar-refractivity contribution < 1.29 is 9.53 Å². The number of morpholine rings is 1. The van der Waals surface area contributed by atoms with Gasteiger partial charge >= 0.3 is 0 Å². The Morgan fingerprint density at radius 1 is 1.32 bits per heavy atom. The maximum Gasteiger partial charge on any atom is 0.223 e. The summed E-state index contributed by atoms with van der Waals surface area (Å²) in [7, 11) is 0. The third-order valence-electron chi connectivity index (χ3n) is 4.19. The number of carbonyl (C=O) groups is 1. The molecule has 0 aromatic heterocycles. The molecule has 1 atom stereocenters. The Labute approximate surface area is 121 Å². The van der Waals surface area contributed by atoms with E-state index in [-0.39, 0.29) is 11.7 Å². The van der Waals surface area contributed by atoms with E-state index in [0.29, 0.717) is 37.2 Å². The molecule has 1 amide bonds. The normalized spacial score (nSPS) is 28.4. The maximum absolute atomic E-state index is 12.4. The van der Waals surface area contributed by atoms with E-state index < -0.39 is 0 Å². The van der Waals surface area contributed by atoms with E-state index in [2.05, 4.69) is 0 Å². The molecule has 0 aromatic rings. The minimum Gasteiger partial charge on any atom is -0.367 e. The SMILES string of the molecule is CC1(C)CN(C(=O)CC2CCCCC2)CC(CCl)O1. The summed E-state index contributed by atoms with van der Waals surface area (Å²) in [5.74, 6) is 1.34. The molecule has 1 saturated carbocycles. The zero-order valence-electron chi connectivity index (χ0n) is 12.2. The molecule has 19 heavy (non-hydrogen) atoms. The summed E-state index contributed by atoms with van der Waals surface area (Å²) in [5.41, 5.74) is -0.278. The Kier molecular flexibility index (Phi) is 5.13. The van der Waals surface area contributed by atoms with Gasteiger partial charge in [-0.05, 0) is 32.6 Å². The van der Waals surface area contributed by atoms with Crippen LogP contribution in [0.15, 0.2) is 0 Å². The van der Waals surface area contributed by atoms with Crippen LogP contribution < -0.4 is 0 Å². The van der Waals surface area contributed by atoms with Crippen molar-refractivity contribution in [3.8, 4) is 0 Å². The molecule has 0 N–H and O–H groups in total. The molecule has 2 aliphatic rings. The fraction of sp³-hybridized carbons (Fsp3) is 0.933. The van der Waals surface area contributed by atoms with Gasteiger partial charge < -0.3 is 9.64 Å². The van der Waals surface area contributed by atoms with Gasteiger partial charge in [-0.3, -0.25) is 4.79 Å². The Balaban J connectivity index is 1.89. The first-order chi connectivity index (χ1) is 9.00. The average molecular weight is 288 g/mol. The second-order valence-corrected chi connectivity index (χ2v) is 6.94. The van der Waals surface area contributed by atoms with Gasteiger partial charge in [-0.15, -0.1) is 11.6 Å². The number of hydrogen-bond acceptors (Lipinski definition) is 2. The lowest BCUT2D eigenvalue weighted by molar-refractivity contribution is -0.158. The minimum absolute atomic E-state index is 0.0271. The Bertz CT molecular complexity index is 313. The summed E-state index contributed by atoms with van der Waals surface area (Å²) in [5, 5.41) is 0. The molecule has 2 fully saturated rings. The van der Waals surface area contributed by atoms with Crippen LogP contribution in [-0.4, -0.2) is 41.5 Å². The molecule has 0 radical (unpaired) electrons. The largest absolute Gasteiger partial charge is 0.367 e. The van der Waals surface area contributed by atoms with Crippen molar-refractivity contribution >= 4 is 17.5 Å². The summed E-state index contributed by atoms with van der Waals surface area (Å²) in [6.07, 6.45) is 7.04. The Morgan fingerprint density at radius 3 is 2.63 bits per heavy atom. The van der Waals surface area contributed by atoms with Crippen molar-refractivity contribution in [2.45, 2.75) is 64.1 Å². The van der Waals surface area contributed by atoms with E-state index in [4.69, 9.17) is 16.3 Å². The first kappa shape index (κ1) is 15.1. The molecule has 1 aliphatic carbocycles. The first-order valence-corrected chi connectivity index (χ1v) is 8.05. The number of halogens is 1. The lowest BCUT2D eigenvalue weighted by Gasteiger charge is -2.42. The van der Waals surface area contributed by atoms with E-state index in [1.54, 1.807) is 0 Å². The van der Waals surface area contributed by atoms with Crippen molar-refractivity contribution in [1.82, 2.24) is 4.90 Å². The van der Waals surface area contributed by atoms with Gasteiger partial charge in [0.2, 0.25) is 5.91 Å². The highest BCUT2D eigenvalue weighted by molar-refractivity contribution is 6.18. The van der Waals surface area contributed by atoms with Crippen molar-refractivity contribution in [3.63, 3.8) is 0 Å². The van der Waals surface area contributed by atoms with Crippen LogP contribution in [0.25, 0.3) is 0 Å². The molecule has 0 spiro atoms. The highest BCUT2D eigenvalue weighted by Crippen LogP contribution is 2.28. The van der Waals surface area contributed by atoms with Gasteiger partial charge in [0.15, 0.2) is 0 Å². The predicted octanol–water partition coefficient (Wildman–Crippen LogP) is 3.20. The topological polar surface area (TPSA) is 29.5 Å². The zero-order chi connectivity index (χ0) is 13.9. The summed E-state index contributed by atoms with van der Waals surface area (Å²) in [6, 6.07) is 0. The van der Waals surface area contributed by atoms with Gasteiger partial charge in [0.25, 0.3) is 0 Å². The Morgan fingerprint density at radius 2 is 2.00 bits per heavy atom. The van der Waals surface area contributed by atoms with E-state index in [9.17, 15) is 4.79 Å².